The molecule has 0 radical (unpaired) electrons. The van der Waals surface area contributed by atoms with Crippen molar-refractivity contribution in [3.8, 4) is 0 Å². The number of carbonyl (C=O) groups excluding carboxylic acids is 1. The monoisotopic (exact) mass is 417 g/mol. The molecule has 0 unspecified atom stereocenters. The first-order chi connectivity index (χ1) is 14.5. The minimum absolute atomic E-state index is 0.124. The number of aliphatic hydroxyl groups excluding tert-OH is 1. The first-order valence-electron chi connectivity index (χ1n) is 11.4. The third-order valence-corrected chi connectivity index (χ3v) is 4.36. The van der Waals surface area contributed by atoms with Crippen molar-refractivity contribution in [1.29, 1.82) is 0 Å². The summed E-state index contributed by atoms with van der Waals surface area (Å²) in [6.07, 6.45) is 27.6. The molecule has 0 rings (SSSR count). The molecule has 3 N–H and O–H groups in total. The Morgan fingerprint density at radius 1 is 0.800 bits per heavy atom. The van der Waals surface area contributed by atoms with E-state index in [9.17, 15) is 15.0 Å². The Morgan fingerprint density at radius 3 is 1.70 bits per heavy atom. The van der Waals surface area contributed by atoms with E-state index in [2.05, 4.69) is 73.0 Å². The fraction of sp³-hybridized carbons (Fsp3) is 0.577. The highest BCUT2D eigenvalue weighted by molar-refractivity contribution is 5.76. The first kappa shape index (κ1) is 28.1. The number of hydrogen-bond donors (Lipinski definition) is 3. The summed E-state index contributed by atoms with van der Waals surface area (Å²) in [5.74, 6) is 0.166. The highest BCUT2D eigenvalue weighted by atomic mass is 16.5. The topological polar surface area (TPSA) is 69.6 Å². The van der Waals surface area contributed by atoms with Crippen molar-refractivity contribution in [2.45, 2.75) is 90.9 Å². The fourth-order valence-corrected chi connectivity index (χ4v) is 2.79. The number of nitrogens with one attached hydrogen (secondary N) is 1. The molecule has 170 valence electrons. The van der Waals surface area contributed by atoms with Gasteiger partial charge in [-0.05, 0) is 57.3 Å². The highest BCUT2D eigenvalue weighted by Gasteiger charge is 2.19. The molecule has 0 heterocycles. The molecule has 0 saturated heterocycles. The lowest BCUT2D eigenvalue weighted by Gasteiger charge is -2.22. The maximum atomic E-state index is 11.9. The quantitative estimate of drug-likeness (QED) is 0.160. The van der Waals surface area contributed by atoms with E-state index >= 15 is 0 Å². The van der Waals surface area contributed by atoms with Crippen LogP contribution in [0.15, 0.2) is 60.8 Å². The van der Waals surface area contributed by atoms with Crippen LogP contribution >= 0.6 is 0 Å². The Morgan fingerprint density at radius 2 is 1.27 bits per heavy atom. The van der Waals surface area contributed by atoms with Gasteiger partial charge < -0.3 is 15.5 Å². The van der Waals surface area contributed by atoms with Crippen molar-refractivity contribution in [3.05, 3.63) is 60.8 Å². The average Bonchev–Trinajstić information content (AvgIpc) is 2.69. The van der Waals surface area contributed by atoms with Crippen LogP contribution in [0, 0.1) is 5.92 Å². The smallest absolute Gasteiger partial charge is 0.220 e. The van der Waals surface area contributed by atoms with Crippen molar-refractivity contribution in [3.63, 3.8) is 0 Å². The highest BCUT2D eigenvalue weighted by Crippen LogP contribution is 2.08. The van der Waals surface area contributed by atoms with Gasteiger partial charge in [-0.1, -0.05) is 81.5 Å². The Bertz CT molecular complexity index is 557. The van der Waals surface area contributed by atoms with E-state index in [1.807, 2.05) is 13.8 Å². The molecule has 0 aromatic heterocycles. The number of hydrogen-bond acceptors (Lipinski definition) is 3. The van der Waals surface area contributed by atoms with E-state index in [0.29, 0.717) is 18.8 Å². The summed E-state index contributed by atoms with van der Waals surface area (Å²) < 4.78 is 0. The molecule has 0 bridgehead atoms. The van der Waals surface area contributed by atoms with Gasteiger partial charge in [-0.2, -0.15) is 0 Å². The largest absolute Gasteiger partial charge is 0.366 e. The maximum absolute atomic E-state index is 11.9. The third kappa shape index (κ3) is 19.4. The second-order valence-electron chi connectivity index (χ2n) is 7.82. The van der Waals surface area contributed by atoms with E-state index in [4.69, 9.17) is 0 Å². The molecule has 0 spiro atoms. The summed E-state index contributed by atoms with van der Waals surface area (Å²) in [6, 6.07) is -0.591. The van der Waals surface area contributed by atoms with Gasteiger partial charge in [0.1, 0.15) is 0 Å². The normalized spacial score (nSPS) is 14.0. The van der Waals surface area contributed by atoms with Crippen LogP contribution in [0.2, 0.25) is 0 Å². The Labute approximate surface area is 184 Å². The lowest BCUT2D eigenvalue weighted by molar-refractivity contribution is -0.127. The molecular formula is C26H43NO3. The summed E-state index contributed by atoms with van der Waals surface area (Å²) in [6.45, 7) is 6.12. The molecule has 1 atom stereocenters. The number of rotatable bonds is 17. The van der Waals surface area contributed by atoms with Gasteiger partial charge in [0.2, 0.25) is 5.91 Å². The van der Waals surface area contributed by atoms with Crippen LogP contribution in [0.5, 0.6) is 0 Å². The number of aliphatic hydroxyl groups is 2. The van der Waals surface area contributed by atoms with Gasteiger partial charge in [-0.15, -0.1) is 0 Å². The van der Waals surface area contributed by atoms with Crippen molar-refractivity contribution in [2.75, 3.05) is 0 Å². The third-order valence-electron chi connectivity index (χ3n) is 4.36. The van der Waals surface area contributed by atoms with Crippen LogP contribution < -0.4 is 5.32 Å². The van der Waals surface area contributed by atoms with E-state index in [-0.39, 0.29) is 5.91 Å². The molecule has 4 nitrogen and oxygen atoms in total. The van der Waals surface area contributed by atoms with Crippen LogP contribution in [0.25, 0.3) is 0 Å². The summed E-state index contributed by atoms with van der Waals surface area (Å²) in [7, 11) is 0. The molecule has 0 fully saturated rings. The molecule has 0 saturated carbocycles. The fourth-order valence-electron chi connectivity index (χ4n) is 2.79. The lowest BCUT2D eigenvalue weighted by atomic mass is 10.0. The minimum atomic E-state index is -1.51. The Kier molecular flexibility index (Phi) is 19.1. The number of allylic oxidation sites excluding steroid dienone is 10. The van der Waals surface area contributed by atoms with Gasteiger partial charge in [0.25, 0.3) is 0 Å². The Hall–Kier alpha value is -1.91. The average molecular weight is 418 g/mol. The molecule has 30 heavy (non-hydrogen) atoms. The van der Waals surface area contributed by atoms with Crippen LogP contribution in [-0.2, 0) is 4.79 Å². The standard InChI is InChI=1S/C26H43NO3/c1-4-5-6-7-8-9-10-11-12-13-14-15-16-17-18-19-20-21-25(28)27-24(26(29)30)22-23(2)3/h5-6,8-9,11-12,14-15,17-18,23-24,26,29-30H,4,7,10,13,16,19-22H2,1-3H3,(H,27,28)/b6-5-,9-8-,12-11-,15-14-,18-17-/t24-/m0/s1. The maximum Gasteiger partial charge on any atom is 0.220 e. The molecule has 0 aliphatic heterocycles. The van der Waals surface area contributed by atoms with Crippen LogP contribution in [-0.4, -0.2) is 28.5 Å². The summed E-state index contributed by atoms with van der Waals surface area (Å²) >= 11 is 0. The molecule has 0 aliphatic rings. The second-order valence-corrected chi connectivity index (χ2v) is 7.82. The zero-order valence-electron chi connectivity index (χ0n) is 19.2. The van der Waals surface area contributed by atoms with Gasteiger partial charge >= 0.3 is 0 Å². The van der Waals surface area contributed by atoms with E-state index in [1.54, 1.807) is 0 Å². The zero-order chi connectivity index (χ0) is 22.5. The minimum Gasteiger partial charge on any atom is -0.366 e. The van der Waals surface area contributed by atoms with E-state index < -0.39 is 12.3 Å². The SMILES string of the molecule is CC/C=C\C/C=C\C/C=C\C/C=C\C/C=C\CCCC(=O)N[C@@H](CC(C)C)C(O)O. The molecule has 4 heteroatoms. The molecule has 0 aliphatic carbocycles. The molecule has 0 aromatic carbocycles. The second kappa shape index (κ2) is 20.4. The van der Waals surface area contributed by atoms with Gasteiger partial charge in [-0.3, -0.25) is 4.79 Å². The van der Waals surface area contributed by atoms with E-state index in [0.717, 1.165) is 44.9 Å². The van der Waals surface area contributed by atoms with Gasteiger partial charge in [0, 0.05) is 6.42 Å². The predicted molar refractivity (Wildman–Crippen MR) is 128 cm³/mol. The summed E-state index contributed by atoms with van der Waals surface area (Å²) in [5.41, 5.74) is 0. The molecule has 0 aromatic rings. The van der Waals surface area contributed by atoms with Crippen LogP contribution in [0.3, 0.4) is 0 Å². The summed E-state index contributed by atoms with van der Waals surface area (Å²) in [4.78, 5) is 11.9. The van der Waals surface area contributed by atoms with Crippen molar-refractivity contribution in [2.24, 2.45) is 5.92 Å². The predicted octanol–water partition coefficient (Wildman–Crippen LogP) is 5.75. The molecule has 1 amide bonds. The van der Waals surface area contributed by atoms with Gasteiger partial charge in [0.15, 0.2) is 6.29 Å². The van der Waals surface area contributed by atoms with E-state index in [1.165, 1.54) is 0 Å². The number of carbonyl (C=O) groups is 1. The van der Waals surface area contributed by atoms with Gasteiger partial charge in [-0.25, -0.2) is 0 Å². The van der Waals surface area contributed by atoms with Crippen LogP contribution in [0.1, 0.15) is 78.6 Å². The summed E-state index contributed by atoms with van der Waals surface area (Å²) in [5, 5.41) is 21.4. The Balaban J connectivity index is 3.75. The lowest BCUT2D eigenvalue weighted by Crippen LogP contribution is -2.44. The molecular weight excluding hydrogens is 374 g/mol. The van der Waals surface area contributed by atoms with Crippen LogP contribution in [0.4, 0.5) is 0 Å². The number of unbranched alkanes of at least 4 members (excludes halogenated alkanes) is 1. The van der Waals surface area contributed by atoms with Crippen molar-refractivity contribution in [1.82, 2.24) is 5.32 Å². The van der Waals surface area contributed by atoms with Crippen molar-refractivity contribution < 1.29 is 15.0 Å². The number of amides is 1. The zero-order valence-corrected chi connectivity index (χ0v) is 19.2. The first-order valence-corrected chi connectivity index (χ1v) is 11.4. The van der Waals surface area contributed by atoms with Gasteiger partial charge in [0.05, 0.1) is 6.04 Å². The van der Waals surface area contributed by atoms with Crippen molar-refractivity contribution >= 4 is 5.91 Å².